The van der Waals surface area contributed by atoms with Crippen LogP contribution in [0.2, 0.25) is 0 Å². The third-order valence-corrected chi connectivity index (χ3v) is 8.11. The lowest BCUT2D eigenvalue weighted by Gasteiger charge is -2.38. The van der Waals surface area contributed by atoms with Crippen LogP contribution in [-0.2, 0) is 20.9 Å². The fourth-order valence-corrected chi connectivity index (χ4v) is 4.68. The third kappa shape index (κ3) is 4.56. The van der Waals surface area contributed by atoms with Crippen LogP contribution in [0.5, 0.6) is 0 Å². The Morgan fingerprint density at radius 3 is 2.42 bits per heavy atom. The van der Waals surface area contributed by atoms with Crippen LogP contribution in [0, 0.1) is 5.92 Å². The number of ether oxygens (including phenoxy) is 1. The number of hydrogen-bond donors (Lipinski definition) is 5. The summed E-state index contributed by atoms with van der Waals surface area (Å²) in [4.78, 5) is 36.4. The van der Waals surface area contributed by atoms with Gasteiger partial charge in [0.15, 0.2) is 5.34 Å². The van der Waals surface area contributed by atoms with E-state index in [1.807, 2.05) is 0 Å². The van der Waals surface area contributed by atoms with Crippen LogP contribution in [0.25, 0.3) is 0 Å². The molecular formula is C18H30FN2O9P. The van der Waals surface area contributed by atoms with Gasteiger partial charge in [0, 0.05) is 25.6 Å². The molecule has 1 aliphatic rings. The monoisotopic (exact) mass is 468 g/mol. The lowest BCUT2D eigenvalue weighted by atomic mass is 9.89. The zero-order valence-electron chi connectivity index (χ0n) is 18.0. The maximum absolute atomic E-state index is 15.7. The van der Waals surface area contributed by atoms with Crippen molar-refractivity contribution in [3.05, 3.63) is 32.6 Å². The number of halogens is 1. The molecule has 3 unspecified atom stereocenters. The topological polar surface area (TPSA) is 171 Å². The maximum Gasteiger partial charge on any atom is 0.361 e. The van der Waals surface area contributed by atoms with E-state index < -0.39 is 66.8 Å². The number of aliphatic hydroxyl groups is 3. The zero-order valence-corrected chi connectivity index (χ0v) is 18.9. The number of nitrogens with one attached hydrogen (secondary N) is 1. The van der Waals surface area contributed by atoms with Gasteiger partial charge in [-0.3, -0.25) is 18.5 Å². The summed E-state index contributed by atoms with van der Waals surface area (Å²) in [7, 11) is -3.66. The first-order chi connectivity index (χ1) is 14.1. The normalized spacial score (nSPS) is 30.9. The summed E-state index contributed by atoms with van der Waals surface area (Å²) in [6.45, 7) is 5.06. The van der Waals surface area contributed by atoms with Crippen molar-refractivity contribution in [2.24, 2.45) is 13.0 Å². The van der Waals surface area contributed by atoms with E-state index in [0.29, 0.717) is 0 Å². The van der Waals surface area contributed by atoms with Gasteiger partial charge in [0.25, 0.3) is 5.56 Å². The molecule has 1 aromatic rings. The van der Waals surface area contributed by atoms with Crippen molar-refractivity contribution in [2.75, 3.05) is 0 Å². The first-order valence-corrected chi connectivity index (χ1v) is 11.5. The number of H-pyrrole nitrogens is 1. The molecule has 0 aliphatic carbocycles. The highest BCUT2D eigenvalue weighted by molar-refractivity contribution is 7.54. The molecule has 0 amide bonds. The Bertz CT molecular complexity index is 964. The zero-order chi connectivity index (χ0) is 23.9. The second-order valence-electron chi connectivity index (χ2n) is 8.03. The van der Waals surface area contributed by atoms with Crippen LogP contribution in [0.3, 0.4) is 0 Å². The molecule has 0 aromatic carbocycles. The van der Waals surface area contributed by atoms with E-state index in [0.717, 1.165) is 17.7 Å². The molecule has 13 heteroatoms. The highest BCUT2D eigenvalue weighted by Crippen LogP contribution is 2.60. The Balaban J connectivity index is 2.37. The van der Waals surface area contributed by atoms with Gasteiger partial charge in [-0.05, 0) is 13.3 Å². The Labute approximate surface area is 178 Å². The number of hydrogen-bond acceptors (Lipinski definition) is 8. The first-order valence-electron chi connectivity index (χ1n) is 9.88. The fraction of sp³-hybridized carbons (Fsp3) is 0.778. The molecular weight excluding hydrogens is 438 g/mol. The van der Waals surface area contributed by atoms with E-state index in [1.54, 1.807) is 0 Å². The molecule has 8 atom stereocenters. The molecule has 5 N–H and O–H groups in total. The van der Waals surface area contributed by atoms with E-state index in [9.17, 15) is 34.4 Å². The summed E-state index contributed by atoms with van der Waals surface area (Å²) >= 11 is 0. The van der Waals surface area contributed by atoms with Crippen molar-refractivity contribution in [3.63, 3.8) is 0 Å². The van der Waals surface area contributed by atoms with Gasteiger partial charge in [-0.1, -0.05) is 20.8 Å². The van der Waals surface area contributed by atoms with Crippen LogP contribution in [0.1, 0.15) is 52.2 Å². The number of alkyl halides is 1. The third-order valence-electron chi connectivity index (χ3n) is 6.02. The summed E-state index contributed by atoms with van der Waals surface area (Å²) in [6, 6.07) is 0. The van der Waals surface area contributed by atoms with E-state index >= 15 is 4.39 Å². The standard InChI is InChI=1S/C18H30FN2O9P/c1-6-17(4,26)31(27,28)30-18(19,7-2)9(3)13-11(22)12(23)14(29-13)10-8-20-16(25)21(5)15(10)24/h8-9,11-14,22-23,26H,6-7H2,1-5H3,(H,20,25)(H,27,28)/t9?,11-,12+,13+,14-,17+,18?/m0/s1. The first kappa shape index (κ1) is 25.9. The molecule has 1 aliphatic heterocycles. The number of aliphatic hydroxyl groups excluding tert-OH is 2. The van der Waals surface area contributed by atoms with E-state index in [1.165, 1.54) is 27.8 Å². The van der Waals surface area contributed by atoms with Gasteiger partial charge in [-0.25, -0.2) is 9.18 Å². The van der Waals surface area contributed by atoms with Crippen LogP contribution in [0.4, 0.5) is 4.39 Å². The van der Waals surface area contributed by atoms with Crippen molar-refractivity contribution < 1.29 is 38.4 Å². The van der Waals surface area contributed by atoms with Gasteiger partial charge in [0.2, 0.25) is 5.85 Å². The minimum Gasteiger partial charge on any atom is -0.388 e. The summed E-state index contributed by atoms with van der Waals surface area (Å²) in [6.07, 6.45) is -5.73. The van der Waals surface area contributed by atoms with Crippen molar-refractivity contribution >= 4 is 7.60 Å². The second-order valence-corrected chi connectivity index (χ2v) is 10.2. The quantitative estimate of drug-likeness (QED) is 0.336. The molecule has 1 aromatic heterocycles. The van der Waals surface area contributed by atoms with Crippen LogP contribution in [0.15, 0.2) is 15.8 Å². The lowest BCUT2D eigenvalue weighted by Crippen LogP contribution is -2.46. The van der Waals surface area contributed by atoms with Gasteiger partial charge in [0.05, 0.1) is 11.7 Å². The predicted octanol–water partition coefficient (Wildman–Crippen LogP) is 0.268. The number of aromatic nitrogens is 2. The SMILES string of the molecule is CCC(F)(OP(=O)(O)[C@@](C)(O)CC)C(C)[C@H]1O[C@@H](c2c[nH]c(=O)n(C)c2=O)[C@H](O)[C@@H]1O. The van der Waals surface area contributed by atoms with Crippen molar-refractivity contribution in [3.8, 4) is 0 Å². The minimum atomic E-state index is -4.87. The Kier molecular flexibility index (Phi) is 7.39. The summed E-state index contributed by atoms with van der Waals surface area (Å²) < 4.78 is 39.5. The van der Waals surface area contributed by atoms with E-state index in [2.05, 4.69) is 4.98 Å². The molecule has 31 heavy (non-hydrogen) atoms. The fourth-order valence-electron chi connectivity index (χ4n) is 3.38. The molecule has 1 fully saturated rings. The van der Waals surface area contributed by atoms with Gasteiger partial charge in [0.1, 0.15) is 18.3 Å². The minimum absolute atomic E-state index is 0.160. The average molecular weight is 468 g/mol. The molecule has 0 bridgehead atoms. The Morgan fingerprint density at radius 2 is 1.90 bits per heavy atom. The van der Waals surface area contributed by atoms with Gasteiger partial charge >= 0.3 is 13.3 Å². The van der Waals surface area contributed by atoms with Crippen LogP contribution >= 0.6 is 7.60 Å². The molecule has 1 saturated heterocycles. The molecule has 0 saturated carbocycles. The van der Waals surface area contributed by atoms with Crippen LogP contribution in [-0.4, -0.2) is 59.3 Å². The summed E-state index contributed by atoms with van der Waals surface area (Å²) in [5, 5.41) is 28.8. The van der Waals surface area contributed by atoms with Gasteiger partial charge in [-0.2, -0.15) is 0 Å². The van der Waals surface area contributed by atoms with Crippen molar-refractivity contribution in [1.82, 2.24) is 9.55 Å². The highest BCUT2D eigenvalue weighted by atomic mass is 31.2. The average Bonchev–Trinajstić information content (AvgIpc) is 2.99. The highest BCUT2D eigenvalue weighted by Gasteiger charge is 2.56. The van der Waals surface area contributed by atoms with E-state index in [-0.39, 0.29) is 12.0 Å². The predicted molar refractivity (Wildman–Crippen MR) is 107 cm³/mol. The molecule has 2 heterocycles. The number of nitrogens with zero attached hydrogens (tertiary/aromatic N) is 1. The molecule has 178 valence electrons. The molecule has 0 radical (unpaired) electrons. The maximum atomic E-state index is 15.7. The van der Waals surface area contributed by atoms with Crippen LogP contribution < -0.4 is 11.2 Å². The number of aromatic amines is 1. The molecule has 0 spiro atoms. The molecule has 11 nitrogen and oxygen atoms in total. The Hall–Kier alpha value is -1.40. The summed E-state index contributed by atoms with van der Waals surface area (Å²) in [5.41, 5.74) is -1.63. The summed E-state index contributed by atoms with van der Waals surface area (Å²) in [5.74, 6) is -4.22. The van der Waals surface area contributed by atoms with Crippen molar-refractivity contribution in [2.45, 2.75) is 76.1 Å². The largest absolute Gasteiger partial charge is 0.388 e. The van der Waals surface area contributed by atoms with Crippen molar-refractivity contribution in [1.29, 1.82) is 0 Å². The van der Waals surface area contributed by atoms with E-state index in [4.69, 9.17) is 9.26 Å². The smallest absolute Gasteiger partial charge is 0.361 e. The van der Waals surface area contributed by atoms with Gasteiger partial charge in [-0.15, -0.1) is 0 Å². The number of rotatable bonds is 8. The Morgan fingerprint density at radius 1 is 1.32 bits per heavy atom. The van der Waals surface area contributed by atoms with Gasteiger partial charge < -0.3 is 29.9 Å². The lowest BCUT2D eigenvalue weighted by molar-refractivity contribution is -0.169. The molecule has 2 rings (SSSR count). The second kappa shape index (κ2) is 8.86.